The Morgan fingerprint density at radius 3 is 2.69 bits per heavy atom. The summed E-state index contributed by atoms with van der Waals surface area (Å²) in [5.41, 5.74) is 6.42. The van der Waals surface area contributed by atoms with Gasteiger partial charge in [0.1, 0.15) is 0 Å². The Morgan fingerprint density at radius 2 is 2.15 bits per heavy atom. The van der Waals surface area contributed by atoms with E-state index in [1.54, 1.807) is 16.7 Å². The van der Waals surface area contributed by atoms with Crippen LogP contribution in [0.4, 0.5) is 0 Å². The topological polar surface area (TPSA) is 48.0 Å². The van der Waals surface area contributed by atoms with Crippen LogP contribution in [0, 0.1) is 6.92 Å². The van der Waals surface area contributed by atoms with Crippen LogP contribution in [-0.2, 0) is 6.54 Å². The number of hydrogen-bond acceptors (Lipinski definition) is 2. The molecule has 74 valence electrons. The van der Waals surface area contributed by atoms with Gasteiger partial charge < -0.3 is 10.3 Å². The second-order valence-electron chi connectivity index (χ2n) is 2.80. The molecule has 4 heteroatoms. The molecule has 0 aromatic carbocycles. The van der Waals surface area contributed by atoms with Crippen molar-refractivity contribution in [2.75, 3.05) is 6.54 Å². The first-order chi connectivity index (χ1) is 5.75. The minimum Gasteiger partial charge on any atom is -0.330 e. The van der Waals surface area contributed by atoms with Gasteiger partial charge in [0.25, 0.3) is 5.56 Å². The minimum atomic E-state index is 0. The zero-order valence-electron chi connectivity index (χ0n) is 7.69. The highest BCUT2D eigenvalue weighted by atomic mass is 35.5. The lowest BCUT2D eigenvalue weighted by Crippen LogP contribution is -2.22. The minimum absolute atomic E-state index is 0. The van der Waals surface area contributed by atoms with Crippen molar-refractivity contribution in [1.82, 2.24) is 4.57 Å². The average molecular weight is 203 g/mol. The summed E-state index contributed by atoms with van der Waals surface area (Å²) in [7, 11) is 0. The van der Waals surface area contributed by atoms with Gasteiger partial charge in [0.15, 0.2) is 0 Å². The molecular weight excluding hydrogens is 188 g/mol. The van der Waals surface area contributed by atoms with Gasteiger partial charge >= 0.3 is 0 Å². The van der Waals surface area contributed by atoms with E-state index >= 15 is 0 Å². The van der Waals surface area contributed by atoms with E-state index in [1.165, 1.54) is 0 Å². The standard InChI is InChI=1S/C9H14N2O.ClH/c1-8-4-2-5-9(12)11(8)7-3-6-10;/h2,4-5H,3,6-7,10H2,1H3;1H. The van der Waals surface area contributed by atoms with Crippen LogP contribution in [0.3, 0.4) is 0 Å². The largest absolute Gasteiger partial charge is 0.330 e. The Bertz CT molecular complexity index is 309. The summed E-state index contributed by atoms with van der Waals surface area (Å²) in [4.78, 5) is 11.3. The molecule has 2 N–H and O–H groups in total. The maximum Gasteiger partial charge on any atom is 0.250 e. The lowest BCUT2D eigenvalue weighted by molar-refractivity contribution is 0.614. The van der Waals surface area contributed by atoms with E-state index in [0.29, 0.717) is 6.54 Å². The number of nitrogens with zero attached hydrogens (tertiary/aromatic N) is 1. The van der Waals surface area contributed by atoms with Crippen LogP contribution in [0.1, 0.15) is 12.1 Å². The molecule has 0 aliphatic heterocycles. The zero-order valence-corrected chi connectivity index (χ0v) is 8.51. The van der Waals surface area contributed by atoms with Crippen LogP contribution in [-0.4, -0.2) is 11.1 Å². The molecule has 0 atom stereocenters. The van der Waals surface area contributed by atoms with E-state index < -0.39 is 0 Å². The molecule has 1 aromatic heterocycles. The third kappa shape index (κ3) is 3.20. The fourth-order valence-corrected chi connectivity index (χ4v) is 1.16. The SMILES string of the molecule is Cc1cccc(=O)n1CCCN.Cl. The normalized spacial score (nSPS) is 9.38. The van der Waals surface area contributed by atoms with Crippen LogP contribution in [0.15, 0.2) is 23.0 Å². The fourth-order valence-electron chi connectivity index (χ4n) is 1.16. The zero-order chi connectivity index (χ0) is 8.97. The monoisotopic (exact) mass is 202 g/mol. The number of rotatable bonds is 3. The molecular formula is C9H15ClN2O. The van der Waals surface area contributed by atoms with Gasteiger partial charge in [0.2, 0.25) is 0 Å². The average Bonchev–Trinajstić information content (AvgIpc) is 2.04. The van der Waals surface area contributed by atoms with Crippen LogP contribution < -0.4 is 11.3 Å². The molecule has 0 aliphatic carbocycles. The summed E-state index contributed by atoms with van der Waals surface area (Å²) >= 11 is 0. The molecule has 0 aliphatic rings. The summed E-state index contributed by atoms with van der Waals surface area (Å²) in [6.07, 6.45) is 0.852. The van der Waals surface area contributed by atoms with Gasteiger partial charge in [-0.1, -0.05) is 6.07 Å². The van der Waals surface area contributed by atoms with Gasteiger partial charge in [-0.3, -0.25) is 4.79 Å². The van der Waals surface area contributed by atoms with E-state index in [-0.39, 0.29) is 18.0 Å². The number of nitrogens with two attached hydrogens (primary N) is 1. The fraction of sp³-hybridized carbons (Fsp3) is 0.444. The Labute approximate surface area is 84.0 Å². The van der Waals surface area contributed by atoms with E-state index in [4.69, 9.17) is 5.73 Å². The first-order valence-corrected chi connectivity index (χ1v) is 4.12. The molecule has 0 saturated carbocycles. The first kappa shape index (κ1) is 12.2. The van der Waals surface area contributed by atoms with Crippen LogP contribution in [0.2, 0.25) is 0 Å². The van der Waals surface area contributed by atoms with Crippen molar-refractivity contribution < 1.29 is 0 Å². The van der Waals surface area contributed by atoms with Gasteiger partial charge in [-0.25, -0.2) is 0 Å². The maximum absolute atomic E-state index is 11.3. The predicted molar refractivity (Wildman–Crippen MR) is 56.4 cm³/mol. The third-order valence-corrected chi connectivity index (χ3v) is 1.85. The van der Waals surface area contributed by atoms with Gasteiger partial charge in [-0.15, -0.1) is 12.4 Å². The molecule has 0 radical (unpaired) electrons. The number of hydrogen-bond donors (Lipinski definition) is 1. The molecule has 3 nitrogen and oxygen atoms in total. The molecule has 1 aromatic rings. The van der Waals surface area contributed by atoms with E-state index in [2.05, 4.69) is 0 Å². The number of halogens is 1. The van der Waals surface area contributed by atoms with Crippen molar-refractivity contribution in [3.8, 4) is 0 Å². The van der Waals surface area contributed by atoms with Crippen molar-refractivity contribution in [3.63, 3.8) is 0 Å². The van der Waals surface area contributed by atoms with E-state index in [1.807, 2.05) is 13.0 Å². The third-order valence-electron chi connectivity index (χ3n) is 1.85. The van der Waals surface area contributed by atoms with Crippen LogP contribution >= 0.6 is 12.4 Å². The Balaban J connectivity index is 0.00000144. The predicted octanol–water partition coefficient (Wildman–Crippen LogP) is 0.927. The highest BCUT2D eigenvalue weighted by Gasteiger charge is 1.96. The van der Waals surface area contributed by atoms with E-state index in [9.17, 15) is 4.79 Å². The summed E-state index contributed by atoms with van der Waals surface area (Å²) in [5.74, 6) is 0. The van der Waals surface area contributed by atoms with Crippen molar-refractivity contribution >= 4 is 12.4 Å². The molecule has 0 fully saturated rings. The summed E-state index contributed by atoms with van der Waals surface area (Å²) in [5, 5.41) is 0. The molecule has 0 unspecified atom stereocenters. The maximum atomic E-state index is 11.3. The lowest BCUT2D eigenvalue weighted by atomic mass is 10.3. The van der Waals surface area contributed by atoms with Crippen molar-refractivity contribution in [3.05, 3.63) is 34.2 Å². The lowest BCUT2D eigenvalue weighted by Gasteiger charge is -2.07. The van der Waals surface area contributed by atoms with Gasteiger partial charge in [-0.05, 0) is 26.0 Å². The highest BCUT2D eigenvalue weighted by molar-refractivity contribution is 5.85. The smallest absolute Gasteiger partial charge is 0.250 e. The summed E-state index contributed by atoms with van der Waals surface area (Å²) in [6, 6.07) is 5.28. The second kappa shape index (κ2) is 5.78. The summed E-state index contributed by atoms with van der Waals surface area (Å²) in [6.45, 7) is 3.28. The van der Waals surface area contributed by atoms with Crippen molar-refractivity contribution in [2.24, 2.45) is 5.73 Å². The molecule has 13 heavy (non-hydrogen) atoms. The molecule has 1 rings (SSSR count). The van der Waals surface area contributed by atoms with Crippen LogP contribution in [0.25, 0.3) is 0 Å². The Kier molecular flexibility index (Phi) is 5.42. The Hall–Kier alpha value is -0.800. The quantitative estimate of drug-likeness (QED) is 0.793. The van der Waals surface area contributed by atoms with Crippen LogP contribution in [0.5, 0.6) is 0 Å². The highest BCUT2D eigenvalue weighted by Crippen LogP contribution is 1.94. The summed E-state index contributed by atoms with van der Waals surface area (Å²) < 4.78 is 1.74. The number of aryl methyl sites for hydroxylation is 1. The molecule has 0 bridgehead atoms. The van der Waals surface area contributed by atoms with Gasteiger partial charge in [0.05, 0.1) is 0 Å². The number of pyridine rings is 1. The van der Waals surface area contributed by atoms with Crippen molar-refractivity contribution in [2.45, 2.75) is 19.9 Å². The second-order valence-corrected chi connectivity index (χ2v) is 2.80. The molecule has 0 amide bonds. The molecule has 1 heterocycles. The van der Waals surface area contributed by atoms with Gasteiger partial charge in [-0.2, -0.15) is 0 Å². The Morgan fingerprint density at radius 1 is 1.46 bits per heavy atom. The molecule has 0 spiro atoms. The number of aromatic nitrogens is 1. The van der Waals surface area contributed by atoms with Crippen molar-refractivity contribution in [1.29, 1.82) is 0 Å². The van der Waals surface area contributed by atoms with Gasteiger partial charge in [0, 0.05) is 18.3 Å². The molecule has 0 saturated heterocycles. The first-order valence-electron chi connectivity index (χ1n) is 4.12. The van der Waals surface area contributed by atoms with E-state index in [0.717, 1.165) is 18.7 Å².